The summed E-state index contributed by atoms with van der Waals surface area (Å²) in [5, 5.41) is 7.77. The predicted molar refractivity (Wildman–Crippen MR) is 75.2 cm³/mol. The van der Waals surface area contributed by atoms with Gasteiger partial charge in [0.15, 0.2) is 0 Å². The molecule has 3 aromatic rings. The molecule has 2 heterocycles. The molecule has 0 fully saturated rings. The van der Waals surface area contributed by atoms with Gasteiger partial charge in [-0.1, -0.05) is 36.5 Å². The lowest BCUT2D eigenvalue weighted by Gasteiger charge is -2.12. The average molecular weight is 307 g/mol. The number of pyridine rings is 1. The van der Waals surface area contributed by atoms with Crippen LogP contribution in [0, 0.1) is 4.64 Å². The fourth-order valence-corrected chi connectivity index (χ4v) is 2.37. The molecule has 106 valence electrons. The molecule has 0 aliphatic rings. The van der Waals surface area contributed by atoms with Crippen molar-refractivity contribution in [3.63, 3.8) is 0 Å². The predicted octanol–water partition coefficient (Wildman–Crippen LogP) is 4.37. The van der Waals surface area contributed by atoms with Gasteiger partial charge < -0.3 is 0 Å². The normalized spacial score (nSPS) is 11.8. The number of halogens is 3. The zero-order valence-corrected chi connectivity index (χ0v) is 11.3. The summed E-state index contributed by atoms with van der Waals surface area (Å²) in [4.78, 5) is 3.78. The van der Waals surface area contributed by atoms with Crippen molar-refractivity contribution < 1.29 is 13.2 Å². The monoisotopic (exact) mass is 307 g/mol. The van der Waals surface area contributed by atoms with E-state index in [1.54, 1.807) is 24.3 Å². The Morgan fingerprint density at radius 3 is 2.48 bits per heavy atom. The third-order valence-electron chi connectivity index (χ3n) is 3.08. The van der Waals surface area contributed by atoms with Crippen molar-refractivity contribution in [2.24, 2.45) is 0 Å². The summed E-state index contributed by atoms with van der Waals surface area (Å²) >= 11 is 5.11. The number of aromatic amines is 1. The number of fused-ring (bicyclic) bond motifs is 1. The molecule has 0 aliphatic carbocycles. The zero-order valence-electron chi connectivity index (χ0n) is 10.5. The molecule has 1 aromatic carbocycles. The molecule has 0 saturated heterocycles. The standard InChI is InChI=1S/C14H8F3N3S/c15-14(16,17)11-5-6-18-7-10(11)12-8-3-1-2-4-9(8)13(21)20-19-12/h1-7H,(H,20,21). The number of hydrogen-bond acceptors (Lipinski definition) is 3. The van der Waals surface area contributed by atoms with E-state index >= 15 is 0 Å². The molecule has 0 amide bonds. The van der Waals surface area contributed by atoms with Gasteiger partial charge in [0, 0.05) is 28.7 Å². The summed E-state index contributed by atoms with van der Waals surface area (Å²) in [6.07, 6.45) is -2.21. The summed E-state index contributed by atoms with van der Waals surface area (Å²) < 4.78 is 39.8. The Morgan fingerprint density at radius 2 is 1.76 bits per heavy atom. The van der Waals surface area contributed by atoms with Crippen molar-refractivity contribution in [1.29, 1.82) is 0 Å². The number of H-pyrrole nitrogens is 1. The summed E-state index contributed by atoms with van der Waals surface area (Å²) in [5.41, 5.74) is -0.673. The van der Waals surface area contributed by atoms with E-state index in [0.29, 0.717) is 15.4 Å². The molecule has 2 aromatic heterocycles. The maximum absolute atomic E-state index is 13.1. The van der Waals surface area contributed by atoms with E-state index in [9.17, 15) is 13.2 Å². The summed E-state index contributed by atoms with van der Waals surface area (Å²) in [7, 11) is 0. The lowest BCUT2D eigenvalue weighted by Crippen LogP contribution is -2.08. The van der Waals surface area contributed by atoms with Crippen LogP contribution in [-0.2, 0) is 6.18 Å². The second-order valence-corrected chi connectivity index (χ2v) is 4.77. The van der Waals surface area contributed by atoms with Crippen LogP contribution in [0.4, 0.5) is 13.2 Å². The van der Waals surface area contributed by atoms with Gasteiger partial charge in [0.05, 0.1) is 5.56 Å². The van der Waals surface area contributed by atoms with Crippen LogP contribution in [0.15, 0.2) is 42.7 Å². The highest BCUT2D eigenvalue weighted by Gasteiger charge is 2.34. The number of nitrogens with zero attached hydrogens (tertiary/aromatic N) is 2. The van der Waals surface area contributed by atoms with Gasteiger partial charge in [0.1, 0.15) is 10.3 Å². The topological polar surface area (TPSA) is 41.6 Å². The highest BCUT2D eigenvalue weighted by atomic mass is 32.1. The van der Waals surface area contributed by atoms with Gasteiger partial charge in [-0.15, -0.1) is 0 Å². The van der Waals surface area contributed by atoms with Crippen molar-refractivity contribution in [1.82, 2.24) is 15.2 Å². The number of rotatable bonds is 1. The first-order chi connectivity index (χ1) is 9.98. The molecule has 0 unspecified atom stereocenters. The van der Waals surface area contributed by atoms with Gasteiger partial charge in [-0.25, -0.2) is 0 Å². The Labute approximate surface area is 122 Å². The second kappa shape index (κ2) is 4.92. The molecule has 0 saturated carbocycles. The fourth-order valence-electron chi connectivity index (χ4n) is 2.15. The van der Waals surface area contributed by atoms with Crippen LogP contribution < -0.4 is 0 Å². The Morgan fingerprint density at radius 1 is 1.05 bits per heavy atom. The van der Waals surface area contributed by atoms with Gasteiger partial charge in [-0.05, 0) is 6.07 Å². The number of aromatic nitrogens is 3. The van der Waals surface area contributed by atoms with Crippen LogP contribution in [-0.4, -0.2) is 15.2 Å². The highest BCUT2D eigenvalue weighted by Crippen LogP contribution is 2.37. The first kappa shape index (κ1) is 13.7. The van der Waals surface area contributed by atoms with E-state index in [4.69, 9.17) is 12.2 Å². The molecule has 0 bridgehead atoms. The molecule has 0 spiro atoms. The molecule has 3 nitrogen and oxygen atoms in total. The fraction of sp³-hybridized carbons (Fsp3) is 0.0714. The van der Waals surface area contributed by atoms with Gasteiger partial charge in [0.25, 0.3) is 0 Å². The zero-order chi connectivity index (χ0) is 15.0. The van der Waals surface area contributed by atoms with Crippen LogP contribution in [0.3, 0.4) is 0 Å². The lowest BCUT2D eigenvalue weighted by atomic mass is 10.0. The largest absolute Gasteiger partial charge is 0.417 e. The summed E-state index contributed by atoms with van der Waals surface area (Å²) in [6.45, 7) is 0. The number of alkyl halides is 3. The Kier molecular flexibility index (Phi) is 3.21. The molecule has 0 atom stereocenters. The minimum absolute atomic E-state index is 0.0764. The van der Waals surface area contributed by atoms with E-state index in [1.807, 2.05) is 0 Å². The molecule has 0 aliphatic heterocycles. The Hall–Kier alpha value is -2.28. The Balaban J connectivity index is 2.38. The Bertz CT molecular complexity index is 871. The quantitative estimate of drug-likeness (QED) is 0.679. The molecule has 1 N–H and O–H groups in total. The van der Waals surface area contributed by atoms with Crippen LogP contribution in [0.2, 0.25) is 0 Å². The van der Waals surface area contributed by atoms with Crippen molar-refractivity contribution in [3.05, 3.63) is 52.9 Å². The van der Waals surface area contributed by atoms with E-state index in [1.165, 1.54) is 0 Å². The minimum Gasteiger partial charge on any atom is -0.267 e. The van der Waals surface area contributed by atoms with Crippen LogP contribution in [0.5, 0.6) is 0 Å². The van der Waals surface area contributed by atoms with Gasteiger partial charge >= 0.3 is 6.18 Å². The summed E-state index contributed by atoms with van der Waals surface area (Å²) in [5.74, 6) is 0. The van der Waals surface area contributed by atoms with E-state index < -0.39 is 11.7 Å². The summed E-state index contributed by atoms with van der Waals surface area (Å²) in [6, 6.07) is 7.86. The smallest absolute Gasteiger partial charge is 0.267 e. The van der Waals surface area contributed by atoms with Gasteiger partial charge in [0.2, 0.25) is 0 Å². The second-order valence-electron chi connectivity index (χ2n) is 4.37. The molecule has 7 heteroatoms. The average Bonchev–Trinajstić information content (AvgIpc) is 2.47. The van der Waals surface area contributed by atoms with E-state index in [0.717, 1.165) is 18.5 Å². The minimum atomic E-state index is -4.48. The maximum atomic E-state index is 13.1. The number of benzene rings is 1. The molecular weight excluding hydrogens is 299 g/mol. The maximum Gasteiger partial charge on any atom is 0.417 e. The molecule has 21 heavy (non-hydrogen) atoms. The van der Waals surface area contributed by atoms with Gasteiger partial charge in [-0.2, -0.15) is 18.3 Å². The molecule has 3 rings (SSSR count). The third kappa shape index (κ3) is 2.40. The van der Waals surface area contributed by atoms with Crippen LogP contribution in [0.25, 0.3) is 22.0 Å². The SMILES string of the molecule is FC(F)(F)c1ccncc1-c1n[nH]c(=S)c2ccccc12. The van der Waals surface area contributed by atoms with Crippen LogP contribution >= 0.6 is 12.2 Å². The van der Waals surface area contributed by atoms with Crippen LogP contribution in [0.1, 0.15) is 5.56 Å². The van der Waals surface area contributed by atoms with E-state index in [-0.39, 0.29) is 11.3 Å². The highest BCUT2D eigenvalue weighted by molar-refractivity contribution is 7.71. The van der Waals surface area contributed by atoms with E-state index in [2.05, 4.69) is 15.2 Å². The third-order valence-corrected chi connectivity index (χ3v) is 3.39. The van der Waals surface area contributed by atoms with Crippen molar-refractivity contribution in [2.45, 2.75) is 6.18 Å². The van der Waals surface area contributed by atoms with Crippen molar-refractivity contribution in [3.8, 4) is 11.3 Å². The van der Waals surface area contributed by atoms with Gasteiger partial charge in [-0.3, -0.25) is 10.1 Å². The van der Waals surface area contributed by atoms with Crippen molar-refractivity contribution in [2.75, 3.05) is 0 Å². The first-order valence-electron chi connectivity index (χ1n) is 5.97. The first-order valence-corrected chi connectivity index (χ1v) is 6.38. The molecular formula is C14H8F3N3S. The number of hydrogen-bond donors (Lipinski definition) is 1. The lowest BCUT2D eigenvalue weighted by molar-refractivity contribution is -0.137. The van der Waals surface area contributed by atoms with Crippen molar-refractivity contribution >= 4 is 23.0 Å². The molecule has 0 radical (unpaired) electrons. The number of nitrogens with one attached hydrogen (secondary N) is 1.